The van der Waals surface area contributed by atoms with E-state index >= 15 is 0 Å². The van der Waals surface area contributed by atoms with Crippen molar-refractivity contribution in [3.05, 3.63) is 83.4 Å². The average molecular weight is 342 g/mol. The summed E-state index contributed by atoms with van der Waals surface area (Å²) in [4.78, 5) is 0. The first-order valence-corrected chi connectivity index (χ1v) is 8.77. The van der Waals surface area contributed by atoms with Crippen LogP contribution in [0.5, 0.6) is 0 Å². The molecule has 0 bridgehead atoms. The molecular weight excluding hydrogens is 320 g/mol. The van der Waals surface area contributed by atoms with E-state index in [1.807, 2.05) is 46.3 Å². The van der Waals surface area contributed by atoms with Gasteiger partial charge in [0.05, 0.1) is 11.4 Å². The largest absolute Gasteiger partial charge is 0.240 e. The van der Waals surface area contributed by atoms with Gasteiger partial charge in [-0.3, -0.25) is 0 Å². The van der Waals surface area contributed by atoms with Crippen LogP contribution in [0.2, 0.25) is 0 Å². The van der Waals surface area contributed by atoms with Crippen LogP contribution in [0.15, 0.2) is 61.2 Å². The molecule has 0 spiro atoms. The standard InChI is InChI=1S/C22H22N4/c1-15-11-19(21(13-17(15)3)25-9-5-7-23-25)20-12-16(2)18(4)14-22(20)26-10-6-8-24-26/h5-14H,1-4H3. The number of hydrogen-bond acceptors (Lipinski definition) is 2. The van der Waals surface area contributed by atoms with Crippen LogP contribution >= 0.6 is 0 Å². The van der Waals surface area contributed by atoms with E-state index in [1.54, 1.807) is 0 Å². The number of aromatic nitrogens is 4. The number of aryl methyl sites for hydroxylation is 4. The Kier molecular flexibility index (Phi) is 3.96. The fourth-order valence-corrected chi connectivity index (χ4v) is 3.24. The first-order valence-electron chi connectivity index (χ1n) is 8.77. The molecule has 0 atom stereocenters. The lowest BCUT2D eigenvalue weighted by Crippen LogP contribution is -2.04. The highest BCUT2D eigenvalue weighted by molar-refractivity contribution is 5.81. The zero-order valence-corrected chi connectivity index (χ0v) is 15.6. The molecule has 0 saturated carbocycles. The zero-order valence-electron chi connectivity index (χ0n) is 15.6. The Labute approximate surface area is 153 Å². The van der Waals surface area contributed by atoms with Gasteiger partial charge < -0.3 is 0 Å². The van der Waals surface area contributed by atoms with Gasteiger partial charge in [0.25, 0.3) is 0 Å². The Morgan fingerprint density at radius 2 is 0.962 bits per heavy atom. The fourth-order valence-electron chi connectivity index (χ4n) is 3.24. The van der Waals surface area contributed by atoms with Crippen molar-refractivity contribution in [2.24, 2.45) is 0 Å². The molecule has 4 aromatic rings. The lowest BCUT2D eigenvalue weighted by Gasteiger charge is -2.18. The van der Waals surface area contributed by atoms with Gasteiger partial charge >= 0.3 is 0 Å². The van der Waals surface area contributed by atoms with Crippen molar-refractivity contribution < 1.29 is 0 Å². The molecule has 130 valence electrons. The van der Waals surface area contributed by atoms with Gasteiger partial charge in [0, 0.05) is 35.9 Å². The van der Waals surface area contributed by atoms with E-state index in [4.69, 9.17) is 0 Å². The fraction of sp³-hybridized carbons (Fsp3) is 0.182. The van der Waals surface area contributed by atoms with E-state index in [0.29, 0.717) is 0 Å². The summed E-state index contributed by atoms with van der Waals surface area (Å²) in [7, 11) is 0. The predicted octanol–water partition coefficient (Wildman–Crippen LogP) is 4.96. The predicted molar refractivity (Wildman–Crippen MR) is 105 cm³/mol. The minimum absolute atomic E-state index is 1.08. The summed E-state index contributed by atoms with van der Waals surface area (Å²) < 4.78 is 3.87. The van der Waals surface area contributed by atoms with Crippen LogP contribution in [0.4, 0.5) is 0 Å². The molecule has 0 unspecified atom stereocenters. The molecule has 2 aromatic heterocycles. The van der Waals surface area contributed by atoms with Crippen molar-refractivity contribution in [3.8, 4) is 22.5 Å². The van der Waals surface area contributed by atoms with Gasteiger partial charge in [0.15, 0.2) is 0 Å². The third kappa shape index (κ3) is 2.73. The van der Waals surface area contributed by atoms with E-state index in [0.717, 1.165) is 22.5 Å². The second-order valence-electron chi connectivity index (χ2n) is 6.81. The normalized spacial score (nSPS) is 11.1. The van der Waals surface area contributed by atoms with Gasteiger partial charge in [-0.2, -0.15) is 10.2 Å². The molecule has 0 fully saturated rings. The van der Waals surface area contributed by atoms with E-state index in [-0.39, 0.29) is 0 Å². The number of hydrogen-bond donors (Lipinski definition) is 0. The maximum Gasteiger partial charge on any atom is 0.0727 e. The molecule has 0 N–H and O–H groups in total. The van der Waals surface area contributed by atoms with Crippen molar-refractivity contribution in [2.45, 2.75) is 27.7 Å². The first-order chi connectivity index (χ1) is 12.5. The van der Waals surface area contributed by atoms with Crippen LogP contribution in [0, 0.1) is 27.7 Å². The SMILES string of the molecule is Cc1cc(-c2cc(C)c(C)cc2-n2cccn2)c(-n2cccn2)cc1C. The number of rotatable bonds is 3. The van der Waals surface area contributed by atoms with Crippen LogP contribution in [-0.2, 0) is 0 Å². The molecule has 0 saturated heterocycles. The molecule has 0 aliphatic heterocycles. The van der Waals surface area contributed by atoms with Gasteiger partial charge in [0.2, 0.25) is 0 Å². The van der Waals surface area contributed by atoms with E-state index in [9.17, 15) is 0 Å². The Hall–Kier alpha value is -3.14. The highest BCUT2D eigenvalue weighted by atomic mass is 15.3. The maximum atomic E-state index is 4.47. The first kappa shape index (κ1) is 16.3. The topological polar surface area (TPSA) is 35.6 Å². The minimum atomic E-state index is 1.08. The van der Waals surface area contributed by atoms with Gasteiger partial charge in [-0.15, -0.1) is 0 Å². The molecule has 2 aromatic carbocycles. The summed E-state index contributed by atoms with van der Waals surface area (Å²) in [5.41, 5.74) is 9.51. The average Bonchev–Trinajstić information content (AvgIpc) is 3.32. The summed E-state index contributed by atoms with van der Waals surface area (Å²) in [6.07, 6.45) is 7.60. The van der Waals surface area contributed by atoms with Gasteiger partial charge in [-0.05, 0) is 86.3 Å². The third-order valence-corrected chi connectivity index (χ3v) is 5.02. The second kappa shape index (κ2) is 6.30. The van der Waals surface area contributed by atoms with Crippen LogP contribution < -0.4 is 0 Å². The van der Waals surface area contributed by atoms with Crippen LogP contribution in [-0.4, -0.2) is 19.6 Å². The number of nitrogens with zero attached hydrogens (tertiary/aromatic N) is 4. The van der Waals surface area contributed by atoms with Gasteiger partial charge in [0.1, 0.15) is 0 Å². The summed E-state index contributed by atoms with van der Waals surface area (Å²) >= 11 is 0. The van der Waals surface area contributed by atoms with Gasteiger partial charge in [-0.25, -0.2) is 9.36 Å². The molecule has 0 amide bonds. The molecule has 0 aliphatic carbocycles. The van der Waals surface area contributed by atoms with E-state index < -0.39 is 0 Å². The van der Waals surface area contributed by atoms with Crippen molar-refractivity contribution in [1.29, 1.82) is 0 Å². The Bertz CT molecular complexity index is 970. The lowest BCUT2D eigenvalue weighted by molar-refractivity contribution is 0.870. The molecule has 26 heavy (non-hydrogen) atoms. The van der Waals surface area contributed by atoms with Crippen molar-refractivity contribution in [2.75, 3.05) is 0 Å². The molecular formula is C22H22N4. The molecule has 4 nitrogen and oxygen atoms in total. The zero-order chi connectivity index (χ0) is 18.3. The summed E-state index contributed by atoms with van der Waals surface area (Å²) in [6.45, 7) is 8.59. The molecule has 2 heterocycles. The highest BCUT2D eigenvalue weighted by Crippen LogP contribution is 2.35. The summed E-state index contributed by atoms with van der Waals surface area (Å²) in [5, 5.41) is 8.94. The van der Waals surface area contributed by atoms with Crippen molar-refractivity contribution in [3.63, 3.8) is 0 Å². The third-order valence-electron chi connectivity index (χ3n) is 5.02. The second-order valence-corrected chi connectivity index (χ2v) is 6.81. The smallest absolute Gasteiger partial charge is 0.0727 e. The van der Waals surface area contributed by atoms with Crippen LogP contribution in [0.3, 0.4) is 0 Å². The van der Waals surface area contributed by atoms with Crippen LogP contribution in [0.25, 0.3) is 22.5 Å². The Balaban J connectivity index is 2.05. The maximum absolute atomic E-state index is 4.47. The summed E-state index contributed by atoms with van der Waals surface area (Å²) in [5.74, 6) is 0. The summed E-state index contributed by atoms with van der Waals surface area (Å²) in [6, 6.07) is 12.8. The van der Waals surface area contributed by atoms with Crippen LogP contribution in [0.1, 0.15) is 22.3 Å². The van der Waals surface area contributed by atoms with Crippen molar-refractivity contribution in [1.82, 2.24) is 19.6 Å². The molecule has 4 rings (SSSR count). The Morgan fingerprint density at radius 1 is 0.577 bits per heavy atom. The van der Waals surface area contributed by atoms with Crippen molar-refractivity contribution >= 4 is 0 Å². The molecule has 4 heteroatoms. The van der Waals surface area contributed by atoms with E-state index in [2.05, 4.69) is 62.2 Å². The monoisotopic (exact) mass is 342 g/mol. The molecule has 0 aliphatic rings. The molecule has 0 radical (unpaired) electrons. The van der Waals surface area contributed by atoms with E-state index in [1.165, 1.54) is 22.3 Å². The quantitative estimate of drug-likeness (QED) is 0.527. The lowest BCUT2D eigenvalue weighted by atomic mass is 9.94. The van der Waals surface area contributed by atoms with Gasteiger partial charge in [-0.1, -0.05) is 0 Å². The highest BCUT2D eigenvalue weighted by Gasteiger charge is 2.16. The minimum Gasteiger partial charge on any atom is -0.240 e. The number of benzene rings is 2. The Morgan fingerprint density at radius 3 is 1.31 bits per heavy atom.